The lowest BCUT2D eigenvalue weighted by Crippen LogP contribution is -2.15. The predicted molar refractivity (Wildman–Crippen MR) is 118 cm³/mol. The van der Waals surface area contributed by atoms with E-state index in [-0.39, 0.29) is 5.75 Å². The molecule has 1 aliphatic rings. The molecule has 0 fully saturated rings. The van der Waals surface area contributed by atoms with Gasteiger partial charge in [0.25, 0.3) is 0 Å². The van der Waals surface area contributed by atoms with Gasteiger partial charge in [-0.25, -0.2) is 4.98 Å². The number of phenols is 1. The van der Waals surface area contributed by atoms with Crippen LogP contribution in [0.1, 0.15) is 11.1 Å². The Balaban J connectivity index is 1.54. The molecule has 5 rings (SSSR count). The SMILES string of the molecule is COc1cc(-c2nc3ccc(C)cn3c2NCc2ccc3c(c2)OCCO3)ccc1O. The van der Waals surface area contributed by atoms with E-state index in [4.69, 9.17) is 19.2 Å². The molecule has 4 aromatic rings. The van der Waals surface area contributed by atoms with E-state index in [0.717, 1.165) is 45.3 Å². The summed E-state index contributed by atoms with van der Waals surface area (Å²) in [5.41, 5.74) is 4.66. The monoisotopic (exact) mass is 417 g/mol. The van der Waals surface area contributed by atoms with Crippen LogP contribution in [0.2, 0.25) is 0 Å². The molecule has 3 heterocycles. The number of anilines is 1. The number of nitrogens with zero attached hydrogens (tertiary/aromatic N) is 2. The number of aromatic hydroxyl groups is 1. The zero-order valence-electron chi connectivity index (χ0n) is 17.4. The van der Waals surface area contributed by atoms with Gasteiger partial charge in [-0.15, -0.1) is 0 Å². The van der Waals surface area contributed by atoms with Crippen LogP contribution in [0.4, 0.5) is 5.82 Å². The molecule has 0 radical (unpaired) electrons. The maximum Gasteiger partial charge on any atom is 0.161 e. The number of imidazole rings is 1. The van der Waals surface area contributed by atoms with Crippen molar-refractivity contribution >= 4 is 11.5 Å². The Labute approximate surface area is 179 Å². The molecule has 0 saturated carbocycles. The lowest BCUT2D eigenvalue weighted by molar-refractivity contribution is 0.171. The first-order valence-electron chi connectivity index (χ1n) is 10.1. The molecule has 0 aliphatic carbocycles. The molecular formula is C24H23N3O4. The number of rotatable bonds is 5. The Morgan fingerprint density at radius 1 is 1.06 bits per heavy atom. The minimum absolute atomic E-state index is 0.0941. The number of aromatic nitrogens is 2. The van der Waals surface area contributed by atoms with Gasteiger partial charge in [-0.1, -0.05) is 12.1 Å². The van der Waals surface area contributed by atoms with E-state index in [1.54, 1.807) is 12.1 Å². The van der Waals surface area contributed by atoms with Crippen LogP contribution < -0.4 is 19.5 Å². The van der Waals surface area contributed by atoms with E-state index >= 15 is 0 Å². The molecule has 2 N–H and O–H groups in total. The first kappa shape index (κ1) is 19.1. The first-order chi connectivity index (χ1) is 15.1. The van der Waals surface area contributed by atoms with Crippen molar-refractivity contribution in [2.45, 2.75) is 13.5 Å². The van der Waals surface area contributed by atoms with Crippen LogP contribution in [0.15, 0.2) is 54.7 Å². The molecule has 31 heavy (non-hydrogen) atoms. The van der Waals surface area contributed by atoms with Gasteiger partial charge in [0.1, 0.15) is 30.4 Å². The highest BCUT2D eigenvalue weighted by Gasteiger charge is 2.17. The maximum absolute atomic E-state index is 9.99. The summed E-state index contributed by atoms with van der Waals surface area (Å²) >= 11 is 0. The van der Waals surface area contributed by atoms with Gasteiger partial charge in [0.15, 0.2) is 23.0 Å². The van der Waals surface area contributed by atoms with Gasteiger partial charge in [0, 0.05) is 18.3 Å². The van der Waals surface area contributed by atoms with Crippen molar-refractivity contribution in [3.8, 4) is 34.3 Å². The van der Waals surface area contributed by atoms with E-state index in [9.17, 15) is 5.11 Å². The molecule has 0 saturated heterocycles. The number of hydrogen-bond acceptors (Lipinski definition) is 6. The number of hydrogen-bond donors (Lipinski definition) is 2. The number of ether oxygens (including phenoxy) is 3. The van der Waals surface area contributed by atoms with E-state index in [2.05, 4.69) is 11.5 Å². The minimum Gasteiger partial charge on any atom is -0.504 e. The summed E-state index contributed by atoms with van der Waals surface area (Å²) in [6, 6.07) is 15.2. The Morgan fingerprint density at radius 2 is 1.90 bits per heavy atom. The third-order valence-corrected chi connectivity index (χ3v) is 5.29. The van der Waals surface area contributed by atoms with Gasteiger partial charge < -0.3 is 24.6 Å². The molecule has 0 spiro atoms. The zero-order valence-corrected chi connectivity index (χ0v) is 17.4. The molecule has 1 aliphatic heterocycles. The van der Waals surface area contributed by atoms with Crippen LogP contribution in [0.5, 0.6) is 23.0 Å². The molecule has 0 amide bonds. The number of methoxy groups -OCH3 is 1. The second kappa shape index (κ2) is 7.75. The lowest BCUT2D eigenvalue weighted by Gasteiger charge is -2.19. The molecule has 2 aromatic heterocycles. The number of nitrogens with one attached hydrogen (secondary N) is 1. The summed E-state index contributed by atoms with van der Waals surface area (Å²) in [5.74, 6) is 2.90. The van der Waals surface area contributed by atoms with Crippen molar-refractivity contribution in [3.05, 3.63) is 65.9 Å². The second-order valence-corrected chi connectivity index (χ2v) is 7.46. The fourth-order valence-electron chi connectivity index (χ4n) is 3.73. The molecule has 7 nitrogen and oxygen atoms in total. The second-order valence-electron chi connectivity index (χ2n) is 7.46. The van der Waals surface area contributed by atoms with E-state index in [1.165, 1.54) is 7.11 Å². The topological polar surface area (TPSA) is 77.3 Å². The van der Waals surface area contributed by atoms with E-state index in [1.807, 2.05) is 47.7 Å². The smallest absolute Gasteiger partial charge is 0.161 e. The fraction of sp³-hybridized carbons (Fsp3) is 0.208. The van der Waals surface area contributed by atoms with Crippen LogP contribution in [-0.4, -0.2) is 34.8 Å². The highest BCUT2D eigenvalue weighted by atomic mass is 16.6. The van der Waals surface area contributed by atoms with Gasteiger partial charge in [0.05, 0.1) is 7.11 Å². The largest absolute Gasteiger partial charge is 0.504 e. The van der Waals surface area contributed by atoms with Gasteiger partial charge in [0.2, 0.25) is 0 Å². The number of pyridine rings is 1. The molecule has 0 atom stereocenters. The number of phenolic OH excluding ortho intramolecular Hbond substituents is 1. The van der Waals surface area contributed by atoms with Crippen molar-refractivity contribution in [2.75, 3.05) is 25.6 Å². The predicted octanol–water partition coefficient (Wildman–Crippen LogP) is 4.41. The first-order valence-corrected chi connectivity index (χ1v) is 10.1. The van der Waals surface area contributed by atoms with Crippen LogP contribution in [-0.2, 0) is 6.54 Å². The quantitative estimate of drug-likeness (QED) is 0.501. The normalized spacial score (nSPS) is 12.7. The maximum atomic E-state index is 9.99. The van der Waals surface area contributed by atoms with Gasteiger partial charge in [-0.3, -0.25) is 4.40 Å². The van der Waals surface area contributed by atoms with Gasteiger partial charge in [-0.2, -0.15) is 0 Å². The molecule has 0 bridgehead atoms. The Morgan fingerprint density at radius 3 is 2.74 bits per heavy atom. The average molecular weight is 417 g/mol. The van der Waals surface area contributed by atoms with Crippen molar-refractivity contribution in [1.29, 1.82) is 0 Å². The number of aryl methyl sites for hydroxylation is 1. The highest BCUT2D eigenvalue weighted by Crippen LogP contribution is 2.36. The summed E-state index contributed by atoms with van der Waals surface area (Å²) < 4.78 is 18.7. The summed E-state index contributed by atoms with van der Waals surface area (Å²) in [4.78, 5) is 4.83. The summed E-state index contributed by atoms with van der Waals surface area (Å²) in [6.07, 6.45) is 2.05. The van der Waals surface area contributed by atoms with Crippen LogP contribution >= 0.6 is 0 Å². The lowest BCUT2D eigenvalue weighted by atomic mass is 10.1. The fourth-order valence-corrected chi connectivity index (χ4v) is 3.73. The van der Waals surface area contributed by atoms with Gasteiger partial charge >= 0.3 is 0 Å². The minimum atomic E-state index is 0.0941. The summed E-state index contributed by atoms with van der Waals surface area (Å²) in [7, 11) is 1.53. The number of benzene rings is 2. The van der Waals surface area contributed by atoms with Crippen molar-refractivity contribution in [2.24, 2.45) is 0 Å². The standard InChI is InChI=1S/C24H23N3O4/c1-15-3-8-22-26-23(17-5-6-18(28)20(12-17)29-2)24(27(22)14-15)25-13-16-4-7-19-21(11-16)31-10-9-30-19/h3-8,11-12,14,25,28H,9-10,13H2,1-2H3. The highest BCUT2D eigenvalue weighted by molar-refractivity contribution is 5.78. The molecule has 2 aromatic carbocycles. The van der Waals surface area contributed by atoms with Crippen molar-refractivity contribution < 1.29 is 19.3 Å². The average Bonchev–Trinajstić information content (AvgIpc) is 3.15. The van der Waals surface area contributed by atoms with E-state index in [0.29, 0.717) is 25.5 Å². The van der Waals surface area contributed by atoms with Gasteiger partial charge in [-0.05, 0) is 54.4 Å². The molecule has 0 unspecified atom stereocenters. The van der Waals surface area contributed by atoms with Crippen LogP contribution in [0.25, 0.3) is 16.9 Å². The Hall–Kier alpha value is -3.87. The summed E-state index contributed by atoms with van der Waals surface area (Å²) in [5, 5.41) is 13.5. The number of fused-ring (bicyclic) bond motifs is 2. The van der Waals surface area contributed by atoms with Crippen molar-refractivity contribution in [3.63, 3.8) is 0 Å². The van der Waals surface area contributed by atoms with E-state index < -0.39 is 0 Å². The molecular weight excluding hydrogens is 394 g/mol. The van der Waals surface area contributed by atoms with Crippen LogP contribution in [0, 0.1) is 6.92 Å². The zero-order chi connectivity index (χ0) is 21.4. The summed E-state index contributed by atoms with van der Waals surface area (Å²) in [6.45, 7) is 3.77. The third kappa shape index (κ3) is 3.59. The molecule has 7 heteroatoms. The Bertz CT molecular complexity index is 1270. The third-order valence-electron chi connectivity index (χ3n) is 5.29. The Kier molecular flexibility index (Phi) is 4.78. The van der Waals surface area contributed by atoms with Crippen LogP contribution in [0.3, 0.4) is 0 Å². The molecule has 158 valence electrons. The van der Waals surface area contributed by atoms with Crippen molar-refractivity contribution in [1.82, 2.24) is 9.38 Å².